The molecule has 1 aromatic rings. The Kier molecular flexibility index (Phi) is 6.03. The van der Waals surface area contributed by atoms with Gasteiger partial charge in [0.25, 0.3) is 0 Å². The number of halogens is 1. The Morgan fingerprint density at radius 1 is 1.25 bits per heavy atom. The summed E-state index contributed by atoms with van der Waals surface area (Å²) in [4.78, 5) is 0. The minimum Gasteiger partial charge on any atom is -0.329 e. The molecule has 2 nitrogen and oxygen atoms in total. The third kappa shape index (κ3) is 4.64. The molecule has 0 saturated carbocycles. The first kappa shape index (κ1) is 13.7. The number of hydrogen-bond donors (Lipinski definition) is 2. The average molecular weight is 285 g/mol. The highest BCUT2D eigenvalue weighted by molar-refractivity contribution is 9.10. The van der Waals surface area contributed by atoms with Crippen molar-refractivity contribution in [2.75, 3.05) is 13.1 Å². The Morgan fingerprint density at radius 2 is 1.88 bits per heavy atom. The summed E-state index contributed by atoms with van der Waals surface area (Å²) in [7, 11) is 0. The lowest BCUT2D eigenvalue weighted by Crippen LogP contribution is -2.29. The van der Waals surface area contributed by atoms with Crippen LogP contribution in [0.4, 0.5) is 0 Å². The van der Waals surface area contributed by atoms with Gasteiger partial charge in [-0.15, -0.1) is 0 Å². The predicted octanol–water partition coefficient (Wildman–Crippen LogP) is 3.08. The first-order chi connectivity index (χ1) is 7.63. The number of rotatable bonds is 6. The topological polar surface area (TPSA) is 38.0 Å². The summed E-state index contributed by atoms with van der Waals surface area (Å²) in [5.41, 5.74) is 7.04. The van der Waals surface area contributed by atoms with Crippen LogP contribution in [-0.2, 0) is 0 Å². The van der Waals surface area contributed by atoms with E-state index in [1.165, 1.54) is 12.0 Å². The van der Waals surface area contributed by atoms with E-state index in [1.807, 2.05) is 0 Å². The summed E-state index contributed by atoms with van der Waals surface area (Å²) in [6.07, 6.45) is 1.19. The van der Waals surface area contributed by atoms with Crippen LogP contribution in [0, 0.1) is 5.92 Å². The van der Waals surface area contributed by atoms with E-state index in [4.69, 9.17) is 5.73 Å². The van der Waals surface area contributed by atoms with Crippen molar-refractivity contribution >= 4 is 15.9 Å². The maximum Gasteiger partial charge on any atom is 0.0444 e. The average Bonchev–Trinajstić information content (AvgIpc) is 2.26. The van der Waals surface area contributed by atoms with Crippen molar-refractivity contribution in [2.45, 2.75) is 26.3 Å². The van der Waals surface area contributed by atoms with E-state index in [0.717, 1.165) is 16.9 Å². The van der Waals surface area contributed by atoms with Crippen LogP contribution in [-0.4, -0.2) is 13.1 Å². The third-order valence-corrected chi connectivity index (χ3v) is 3.15. The molecular weight excluding hydrogens is 264 g/mol. The fourth-order valence-electron chi connectivity index (χ4n) is 1.58. The molecule has 1 rings (SSSR count). The molecule has 1 aromatic carbocycles. The molecule has 0 spiro atoms. The van der Waals surface area contributed by atoms with Crippen LogP contribution in [0.1, 0.15) is 31.9 Å². The van der Waals surface area contributed by atoms with Gasteiger partial charge < -0.3 is 11.1 Å². The normalized spacial score (nSPS) is 13.1. The lowest BCUT2D eigenvalue weighted by Gasteiger charge is -2.18. The predicted molar refractivity (Wildman–Crippen MR) is 73.4 cm³/mol. The molecule has 0 amide bonds. The second-order valence-electron chi connectivity index (χ2n) is 4.48. The molecule has 16 heavy (non-hydrogen) atoms. The van der Waals surface area contributed by atoms with Gasteiger partial charge in [0, 0.05) is 17.1 Å². The van der Waals surface area contributed by atoms with Gasteiger partial charge in [-0.05, 0) is 36.6 Å². The zero-order valence-electron chi connectivity index (χ0n) is 10.0. The highest BCUT2D eigenvalue weighted by Gasteiger charge is 2.08. The summed E-state index contributed by atoms with van der Waals surface area (Å²) < 4.78 is 1.11. The number of benzene rings is 1. The van der Waals surface area contributed by atoms with Crippen molar-refractivity contribution < 1.29 is 0 Å². The Bertz CT molecular complexity index is 295. The zero-order valence-corrected chi connectivity index (χ0v) is 11.6. The van der Waals surface area contributed by atoms with Gasteiger partial charge in [0.2, 0.25) is 0 Å². The molecule has 1 atom stereocenters. The fraction of sp³-hybridized carbons (Fsp3) is 0.538. The molecule has 0 saturated heterocycles. The van der Waals surface area contributed by atoms with Crippen molar-refractivity contribution in [1.29, 1.82) is 0 Å². The Labute approximate surface area is 107 Å². The molecule has 0 fully saturated rings. The van der Waals surface area contributed by atoms with Crippen molar-refractivity contribution in [2.24, 2.45) is 11.7 Å². The van der Waals surface area contributed by atoms with Crippen molar-refractivity contribution in [3.05, 3.63) is 34.3 Å². The molecule has 1 unspecified atom stereocenters. The number of nitrogens with two attached hydrogens (primary N) is 1. The molecule has 0 aromatic heterocycles. The number of nitrogens with one attached hydrogen (secondary N) is 1. The molecule has 0 aliphatic rings. The maximum atomic E-state index is 5.79. The summed E-state index contributed by atoms with van der Waals surface area (Å²) in [5, 5.41) is 3.50. The standard InChI is InChI=1S/C13H21BrN2/c1-10(2)7-8-16-13(9-15)11-3-5-12(14)6-4-11/h3-6,10,13,16H,7-9,15H2,1-2H3. The molecule has 0 aliphatic heterocycles. The second-order valence-corrected chi connectivity index (χ2v) is 5.39. The highest BCUT2D eigenvalue weighted by atomic mass is 79.9. The molecular formula is C13H21BrN2. The van der Waals surface area contributed by atoms with Crippen LogP contribution in [0.5, 0.6) is 0 Å². The van der Waals surface area contributed by atoms with Crippen LogP contribution in [0.3, 0.4) is 0 Å². The molecule has 90 valence electrons. The van der Waals surface area contributed by atoms with Gasteiger partial charge in [-0.1, -0.05) is 41.9 Å². The van der Waals surface area contributed by atoms with E-state index in [9.17, 15) is 0 Å². The van der Waals surface area contributed by atoms with Gasteiger partial charge in [-0.2, -0.15) is 0 Å². The number of hydrogen-bond acceptors (Lipinski definition) is 2. The van der Waals surface area contributed by atoms with Crippen LogP contribution in [0.2, 0.25) is 0 Å². The van der Waals surface area contributed by atoms with Gasteiger partial charge in [0.15, 0.2) is 0 Å². The second kappa shape index (κ2) is 7.05. The Hall–Kier alpha value is -0.380. The zero-order chi connectivity index (χ0) is 12.0. The Morgan fingerprint density at radius 3 is 2.38 bits per heavy atom. The first-order valence-corrected chi connectivity index (χ1v) is 6.61. The minimum atomic E-state index is 0.270. The van der Waals surface area contributed by atoms with Crippen LogP contribution < -0.4 is 11.1 Å². The van der Waals surface area contributed by atoms with Gasteiger partial charge >= 0.3 is 0 Å². The maximum absolute atomic E-state index is 5.79. The largest absolute Gasteiger partial charge is 0.329 e. The molecule has 3 heteroatoms. The van der Waals surface area contributed by atoms with E-state index in [-0.39, 0.29) is 6.04 Å². The van der Waals surface area contributed by atoms with Gasteiger partial charge in [0.1, 0.15) is 0 Å². The fourth-order valence-corrected chi connectivity index (χ4v) is 1.84. The van der Waals surface area contributed by atoms with Crippen LogP contribution >= 0.6 is 15.9 Å². The Balaban J connectivity index is 2.50. The van der Waals surface area contributed by atoms with E-state index >= 15 is 0 Å². The summed E-state index contributed by atoms with van der Waals surface area (Å²) in [5.74, 6) is 0.732. The van der Waals surface area contributed by atoms with E-state index < -0.39 is 0 Å². The summed E-state index contributed by atoms with van der Waals surface area (Å²) in [6, 6.07) is 8.62. The molecule has 0 radical (unpaired) electrons. The van der Waals surface area contributed by atoms with Gasteiger partial charge in [-0.25, -0.2) is 0 Å². The molecule has 0 bridgehead atoms. The quantitative estimate of drug-likeness (QED) is 0.843. The van der Waals surface area contributed by atoms with Crippen molar-refractivity contribution in [1.82, 2.24) is 5.32 Å². The van der Waals surface area contributed by atoms with Gasteiger partial charge in [-0.3, -0.25) is 0 Å². The highest BCUT2D eigenvalue weighted by Crippen LogP contribution is 2.16. The molecule has 0 aliphatic carbocycles. The van der Waals surface area contributed by atoms with Crippen LogP contribution in [0.15, 0.2) is 28.7 Å². The van der Waals surface area contributed by atoms with E-state index in [2.05, 4.69) is 59.4 Å². The molecule has 0 heterocycles. The van der Waals surface area contributed by atoms with Gasteiger partial charge in [0.05, 0.1) is 0 Å². The van der Waals surface area contributed by atoms with E-state index in [1.54, 1.807) is 0 Å². The first-order valence-electron chi connectivity index (χ1n) is 5.82. The van der Waals surface area contributed by atoms with Crippen molar-refractivity contribution in [3.8, 4) is 0 Å². The third-order valence-electron chi connectivity index (χ3n) is 2.62. The summed E-state index contributed by atoms with van der Waals surface area (Å²) in [6.45, 7) is 6.13. The SMILES string of the molecule is CC(C)CCNC(CN)c1ccc(Br)cc1. The molecule has 3 N–H and O–H groups in total. The smallest absolute Gasteiger partial charge is 0.0444 e. The monoisotopic (exact) mass is 284 g/mol. The minimum absolute atomic E-state index is 0.270. The lowest BCUT2D eigenvalue weighted by molar-refractivity contribution is 0.482. The summed E-state index contributed by atoms with van der Waals surface area (Å²) >= 11 is 3.44. The lowest BCUT2D eigenvalue weighted by atomic mass is 10.1. The van der Waals surface area contributed by atoms with Crippen molar-refractivity contribution in [3.63, 3.8) is 0 Å². The van der Waals surface area contributed by atoms with E-state index in [0.29, 0.717) is 6.54 Å². The van der Waals surface area contributed by atoms with Crippen LogP contribution in [0.25, 0.3) is 0 Å².